The fourth-order valence-electron chi connectivity index (χ4n) is 0.650. The maximum Gasteiger partial charge on any atom is 0.170 e. The van der Waals surface area contributed by atoms with Crippen LogP contribution in [-0.2, 0) is 4.79 Å². The average molecular weight is 189 g/mol. The van der Waals surface area contributed by atoms with Gasteiger partial charge in [0, 0.05) is 10.9 Å². The fourth-order valence-corrected chi connectivity index (χ4v) is 1.54. The molecule has 0 aromatic carbocycles. The van der Waals surface area contributed by atoms with Crippen LogP contribution in [0, 0.1) is 0 Å². The van der Waals surface area contributed by atoms with Gasteiger partial charge >= 0.3 is 0 Å². The number of halogens is 1. The SMILES string of the molecule is O=CCC(=O)c1csc(Cl)c1. The molecule has 0 saturated carbocycles. The van der Waals surface area contributed by atoms with Crippen molar-refractivity contribution in [3.63, 3.8) is 0 Å². The van der Waals surface area contributed by atoms with Crippen molar-refractivity contribution >= 4 is 35.0 Å². The number of thiophene rings is 1. The van der Waals surface area contributed by atoms with E-state index in [1.165, 1.54) is 11.3 Å². The number of rotatable bonds is 3. The molecule has 0 spiro atoms. The van der Waals surface area contributed by atoms with Crippen molar-refractivity contribution in [2.75, 3.05) is 0 Å². The van der Waals surface area contributed by atoms with Crippen LogP contribution in [0.1, 0.15) is 16.8 Å². The molecule has 0 aliphatic carbocycles. The van der Waals surface area contributed by atoms with Crippen LogP contribution >= 0.6 is 22.9 Å². The van der Waals surface area contributed by atoms with Crippen LogP contribution < -0.4 is 0 Å². The molecule has 0 amide bonds. The number of hydrogen-bond donors (Lipinski definition) is 0. The lowest BCUT2D eigenvalue weighted by Gasteiger charge is -1.86. The van der Waals surface area contributed by atoms with E-state index in [1.807, 2.05) is 0 Å². The average Bonchev–Trinajstić information content (AvgIpc) is 2.36. The highest BCUT2D eigenvalue weighted by atomic mass is 35.5. The lowest BCUT2D eigenvalue weighted by molar-refractivity contribution is -0.107. The minimum atomic E-state index is -0.178. The molecule has 1 heterocycles. The summed E-state index contributed by atoms with van der Waals surface area (Å²) >= 11 is 6.87. The lowest BCUT2D eigenvalue weighted by Crippen LogP contribution is -1.96. The molecule has 0 saturated heterocycles. The lowest BCUT2D eigenvalue weighted by atomic mass is 10.2. The van der Waals surface area contributed by atoms with Crippen molar-refractivity contribution in [3.05, 3.63) is 21.3 Å². The van der Waals surface area contributed by atoms with Gasteiger partial charge in [0.1, 0.15) is 6.29 Å². The van der Waals surface area contributed by atoms with Gasteiger partial charge in [-0.15, -0.1) is 11.3 Å². The zero-order chi connectivity index (χ0) is 8.27. The molecule has 1 rings (SSSR count). The number of Topliss-reactive ketones (excluding diaryl/α,β-unsaturated/α-hetero) is 1. The second-order valence-corrected chi connectivity index (χ2v) is 3.48. The Morgan fingerprint density at radius 2 is 2.45 bits per heavy atom. The quantitative estimate of drug-likeness (QED) is 0.414. The minimum Gasteiger partial charge on any atom is -0.303 e. The van der Waals surface area contributed by atoms with Gasteiger partial charge in [-0.2, -0.15) is 0 Å². The molecule has 0 aliphatic rings. The third-order valence-electron chi connectivity index (χ3n) is 1.16. The summed E-state index contributed by atoms with van der Waals surface area (Å²) in [5.74, 6) is -0.178. The van der Waals surface area contributed by atoms with Crippen LogP contribution in [0.2, 0.25) is 4.34 Å². The van der Waals surface area contributed by atoms with Crippen LogP contribution in [0.15, 0.2) is 11.4 Å². The summed E-state index contributed by atoms with van der Waals surface area (Å²) in [6, 6.07) is 1.57. The zero-order valence-corrected chi connectivity index (χ0v) is 7.11. The number of carbonyl (C=O) groups excluding carboxylic acids is 2. The third-order valence-corrected chi connectivity index (χ3v) is 2.25. The van der Waals surface area contributed by atoms with Crippen molar-refractivity contribution in [3.8, 4) is 0 Å². The Morgan fingerprint density at radius 1 is 1.73 bits per heavy atom. The first-order valence-corrected chi connectivity index (χ1v) is 4.20. The Kier molecular flexibility index (Phi) is 2.79. The molecule has 0 aliphatic heterocycles. The van der Waals surface area contributed by atoms with Gasteiger partial charge in [0.15, 0.2) is 5.78 Å². The highest BCUT2D eigenvalue weighted by molar-refractivity contribution is 7.14. The van der Waals surface area contributed by atoms with Crippen molar-refractivity contribution < 1.29 is 9.59 Å². The van der Waals surface area contributed by atoms with Crippen LogP contribution in [0.5, 0.6) is 0 Å². The molecule has 4 heteroatoms. The molecule has 0 atom stereocenters. The van der Waals surface area contributed by atoms with Crippen molar-refractivity contribution in [1.82, 2.24) is 0 Å². The first-order chi connectivity index (χ1) is 5.24. The summed E-state index contributed by atoms with van der Waals surface area (Å²) in [4.78, 5) is 20.9. The molecule has 0 bridgehead atoms. The third kappa shape index (κ3) is 2.13. The maximum atomic E-state index is 11.0. The minimum absolute atomic E-state index is 0.0624. The van der Waals surface area contributed by atoms with E-state index in [9.17, 15) is 9.59 Å². The summed E-state index contributed by atoms with van der Waals surface area (Å²) in [5, 5.41) is 1.65. The summed E-state index contributed by atoms with van der Waals surface area (Å²) in [5.41, 5.74) is 0.520. The van der Waals surface area contributed by atoms with E-state index in [2.05, 4.69) is 0 Å². The van der Waals surface area contributed by atoms with Crippen LogP contribution in [0.25, 0.3) is 0 Å². The topological polar surface area (TPSA) is 34.1 Å². The molecule has 2 nitrogen and oxygen atoms in total. The predicted molar refractivity (Wildman–Crippen MR) is 44.3 cm³/mol. The van der Waals surface area contributed by atoms with Gasteiger partial charge in [0.2, 0.25) is 0 Å². The first-order valence-electron chi connectivity index (χ1n) is 2.95. The van der Waals surface area contributed by atoms with Crippen LogP contribution in [-0.4, -0.2) is 12.1 Å². The van der Waals surface area contributed by atoms with E-state index in [0.29, 0.717) is 16.2 Å². The molecule has 11 heavy (non-hydrogen) atoms. The van der Waals surface area contributed by atoms with Crippen LogP contribution in [0.4, 0.5) is 0 Å². The van der Waals surface area contributed by atoms with Crippen molar-refractivity contribution in [1.29, 1.82) is 0 Å². The van der Waals surface area contributed by atoms with Gasteiger partial charge in [0.05, 0.1) is 10.8 Å². The van der Waals surface area contributed by atoms with E-state index in [4.69, 9.17) is 11.6 Å². The molecule has 1 aromatic rings. The fraction of sp³-hybridized carbons (Fsp3) is 0.143. The predicted octanol–water partition coefficient (Wildman–Crippen LogP) is 2.17. The standard InChI is InChI=1S/C7H5ClO2S/c8-7-3-5(4-11-7)6(10)1-2-9/h2-4H,1H2. The molecular weight excluding hydrogens is 184 g/mol. The largest absolute Gasteiger partial charge is 0.303 e. The number of aldehydes is 1. The molecular formula is C7H5ClO2S. The van der Waals surface area contributed by atoms with Crippen molar-refractivity contribution in [2.24, 2.45) is 0 Å². The van der Waals surface area contributed by atoms with Gasteiger partial charge in [-0.3, -0.25) is 4.79 Å². The molecule has 58 valence electrons. The number of carbonyl (C=O) groups is 2. The number of ketones is 1. The second-order valence-electron chi connectivity index (χ2n) is 1.93. The van der Waals surface area contributed by atoms with Crippen molar-refractivity contribution in [2.45, 2.75) is 6.42 Å². The first kappa shape index (κ1) is 8.43. The summed E-state index contributed by atoms with van der Waals surface area (Å²) in [6.07, 6.45) is 0.529. The van der Waals surface area contributed by atoms with E-state index >= 15 is 0 Å². The summed E-state index contributed by atoms with van der Waals surface area (Å²) in [6.45, 7) is 0. The Balaban J connectivity index is 2.76. The Morgan fingerprint density at radius 3 is 2.91 bits per heavy atom. The number of hydrogen-bond acceptors (Lipinski definition) is 3. The molecule has 0 N–H and O–H groups in total. The van der Waals surface area contributed by atoms with Gasteiger partial charge in [0.25, 0.3) is 0 Å². The highest BCUT2D eigenvalue weighted by Gasteiger charge is 2.06. The van der Waals surface area contributed by atoms with E-state index < -0.39 is 0 Å². The van der Waals surface area contributed by atoms with E-state index in [1.54, 1.807) is 11.4 Å². The molecule has 0 unspecified atom stereocenters. The van der Waals surface area contributed by atoms with Gasteiger partial charge in [-0.05, 0) is 6.07 Å². The molecule has 0 fully saturated rings. The maximum absolute atomic E-state index is 11.0. The monoisotopic (exact) mass is 188 g/mol. The normalized spacial score (nSPS) is 9.55. The van der Waals surface area contributed by atoms with E-state index in [0.717, 1.165) is 0 Å². The molecule has 1 aromatic heterocycles. The smallest absolute Gasteiger partial charge is 0.170 e. The van der Waals surface area contributed by atoms with Crippen LogP contribution in [0.3, 0.4) is 0 Å². The Labute approximate surface area is 72.8 Å². The highest BCUT2D eigenvalue weighted by Crippen LogP contribution is 2.20. The second kappa shape index (κ2) is 3.64. The van der Waals surface area contributed by atoms with Gasteiger partial charge < -0.3 is 4.79 Å². The van der Waals surface area contributed by atoms with E-state index in [-0.39, 0.29) is 12.2 Å². The van der Waals surface area contributed by atoms with Gasteiger partial charge in [-0.25, -0.2) is 0 Å². The summed E-state index contributed by atoms with van der Waals surface area (Å²) < 4.78 is 0.569. The summed E-state index contributed by atoms with van der Waals surface area (Å²) in [7, 11) is 0. The zero-order valence-electron chi connectivity index (χ0n) is 5.54. The molecule has 0 radical (unpaired) electrons. The Hall–Kier alpha value is -0.670. The Bertz CT molecular complexity index is 280. The van der Waals surface area contributed by atoms with Gasteiger partial charge in [-0.1, -0.05) is 11.6 Å².